The largest absolute Gasteiger partial charge is 0.484 e. The minimum atomic E-state index is -0.307. The van der Waals surface area contributed by atoms with Gasteiger partial charge in [-0.3, -0.25) is 4.79 Å². The van der Waals surface area contributed by atoms with Crippen LogP contribution < -0.4 is 10.1 Å². The Labute approximate surface area is 198 Å². The summed E-state index contributed by atoms with van der Waals surface area (Å²) in [6.07, 6.45) is 0. The van der Waals surface area contributed by atoms with E-state index in [-0.39, 0.29) is 18.3 Å². The summed E-state index contributed by atoms with van der Waals surface area (Å²) in [5.74, 6) is 0.871. The van der Waals surface area contributed by atoms with Crippen molar-refractivity contribution in [3.05, 3.63) is 125 Å². The van der Waals surface area contributed by atoms with E-state index in [1.807, 2.05) is 54.6 Å². The number of nitriles is 1. The van der Waals surface area contributed by atoms with Gasteiger partial charge < -0.3 is 19.2 Å². The monoisotopic (exact) mass is 452 g/mol. The number of nitrogens with one attached hydrogen (secondary N) is 1. The topological polar surface area (TPSA) is 84.5 Å². The van der Waals surface area contributed by atoms with Crippen molar-refractivity contribution in [2.24, 2.45) is 0 Å². The summed E-state index contributed by atoms with van der Waals surface area (Å²) in [7, 11) is 0. The van der Waals surface area contributed by atoms with E-state index in [0.717, 1.165) is 16.7 Å². The van der Waals surface area contributed by atoms with Gasteiger partial charge in [-0.1, -0.05) is 66.7 Å². The fourth-order valence-electron chi connectivity index (χ4n) is 3.30. The van der Waals surface area contributed by atoms with Gasteiger partial charge in [0.25, 0.3) is 5.91 Å². The number of nitrogens with zero attached hydrogens (tertiary/aromatic N) is 1. The Morgan fingerprint density at radius 2 is 1.47 bits per heavy atom. The van der Waals surface area contributed by atoms with Gasteiger partial charge in [-0.2, -0.15) is 5.26 Å². The first-order chi connectivity index (χ1) is 16.7. The molecule has 1 N–H and O–H groups in total. The quantitative estimate of drug-likeness (QED) is 0.349. The number of rotatable bonds is 10. The molecule has 1 heterocycles. The van der Waals surface area contributed by atoms with Gasteiger partial charge in [0, 0.05) is 6.54 Å². The molecule has 0 aliphatic carbocycles. The third-order valence-corrected chi connectivity index (χ3v) is 5.12. The van der Waals surface area contributed by atoms with Crippen LogP contribution in [0.4, 0.5) is 0 Å². The molecule has 0 aliphatic rings. The van der Waals surface area contributed by atoms with Crippen molar-refractivity contribution in [1.29, 1.82) is 5.26 Å². The van der Waals surface area contributed by atoms with Crippen LogP contribution in [0.2, 0.25) is 0 Å². The van der Waals surface area contributed by atoms with Crippen molar-refractivity contribution in [2.45, 2.75) is 26.4 Å². The van der Waals surface area contributed by atoms with E-state index in [1.165, 1.54) is 0 Å². The Balaban J connectivity index is 1.22. The van der Waals surface area contributed by atoms with E-state index >= 15 is 0 Å². The Morgan fingerprint density at radius 3 is 2.24 bits per heavy atom. The molecule has 0 spiro atoms. The summed E-state index contributed by atoms with van der Waals surface area (Å²) in [6.45, 7) is 1.60. The van der Waals surface area contributed by atoms with E-state index < -0.39 is 0 Å². The lowest BCUT2D eigenvalue weighted by atomic mass is 10.1. The first-order valence-corrected chi connectivity index (χ1v) is 10.9. The minimum absolute atomic E-state index is 0.125. The van der Waals surface area contributed by atoms with Crippen LogP contribution in [0.5, 0.6) is 5.75 Å². The second-order valence-corrected chi connectivity index (χ2v) is 7.64. The van der Waals surface area contributed by atoms with Crippen molar-refractivity contribution < 1.29 is 18.7 Å². The lowest BCUT2D eigenvalue weighted by molar-refractivity contribution is 0.0919. The van der Waals surface area contributed by atoms with Gasteiger partial charge in [-0.15, -0.1) is 0 Å². The molecule has 0 saturated carbocycles. The highest BCUT2D eigenvalue weighted by Crippen LogP contribution is 2.19. The van der Waals surface area contributed by atoms with Crippen molar-refractivity contribution in [3.63, 3.8) is 0 Å². The first kappa shape index (κ1) is 22.8. The van der Waals surface area contributed by atoms with Crippen LogP contribution in [0.15, 0.2) is 95.4 Å². The summed E-state index contributed by atoms with van der Waals surface area (Å²) < 4.78 is 17.0. The van der Waals surface area contributed by atoms with E-state index in [1.54, 1.807) is 36.4 Å². The van der Waals surface area contributed by atoms with Crippen molar-refractivity contribution >= 4 is 5.91 Å². The highest BCUT2D eigenvalue weighted by Gasteiger charge is 2.12. The number of carbonyl (C=O) groups excluding carboxylic acids is 1. The first-order valence-electron chi connectivity index (χ1n) is 10.9. The van der Waals surface area contributed by atoms with Crippen LogP contribution in [-0.4, -0.2) is 5.91 Å². The molecule has 0 bridgehead atoms. The van der Waals surface area contributed by atoms with Crippen LogP contribution in [0.1, 0.15) is 38.6 Å². The van der Waals surface area contributed by atoms with E-state index in [9.17, 15) is 4.79 Å². The number of carbonyl (C=O) groups is 1. The fourth-order valence-corrected chi connectivity index (χ4v) is 3.30. The van der Waals surface area contributed by atoms with Gasteiger partial charge in [0.2, 0.25) is 0 Å². The maximum atomic E-state index is 12.4. The predicted octanol–water partition coefficient (Wildman–Crippen LogP) is 5.38. The van der Waals surface area contributed by atoms with Gasteiger partial charge in [0.15, 0.2) is 5.76 Å². The molecule has 6 nitrogen and oxygen atoms in total. The van der Waals surface area contributed by atoms with E-state index in [0.29, 0.717) is 36.8 Å². The zero-order valence-electron chi connectivity index (χ0n) is 18.6. The van der Waals surface area contributed by atoms with Crippen molar-refractivity contribution in [1.82, 2.24) is 5.32 Å². The van der Waals surface area contributed by atoms with Gasteiger partial charge >= 0.3 is 0 Å². The molecule has 0 atom stereocenters. The standard InChI is InChI=1S/C28H24N2O4/c29-16-24-8-4-5-9-26(24)33-20-25-14-15-27(34-25)28(31)30-17-21-10-12-23(13-11-21)19-32-18-22-6-2-1-3-7-22/h1-15H,17-20H2,(H,30,31). The van der Waals surface area contributed by atoms with Crippen LogP contribution in [0.3, 0.4) is 0 Å². The maximum absolute atomic E-state index is 12.4. The number of para-hydroxylation sites is 1. The fraction of sp³-hybridized carbons (Fsp3) is 0.143. The molecule has 34 heavy (non-hydrogen) atoms. The average molecular weight is 453 g/mol. The third-order valence-electron chi connectivity index (χ3n) is 5.12. The predicted molar refractivity (Wildman–Crippen MR) is 127 cm³/mol. The van der Waals surface area contributed by atoms with Crippen LogP contribution in [-0.2, 0) is 31.1 Å². The Hall–Kier alpha value is -4.34. The smallest absolute Gasteiger partial charge is 0.287 e. The molecule has 4 aromatic rings. The van der Waals surface area contributed by atoms with Gasteiger partial charge in [-0.05, 0) is 41.0 Å². The molecule has 1 amide bonds. The Morgan fingerprint density at radius 1 is 0.794 bits per heavy atom. The highest BCUT2D eigenvalue weighted by atomic mass is 16.5. The molecule has 170 valence electrons. The molecule has 1 aromatic heterocycles. The average Bonchev–Trinajstić information content (AvgIpc) is 3.37. The van der Waals surface area contributed by atoms with Crippen LogP contribution >= 0.6 is 0 Å². The molecular formula is C28H24N2O4. The van der Waals surface area contributed by atoms with Crippen molar-refractivity contribution in [3.8, 4) is 11.8 Å². The summed E-state index contributed by atoms with van der Waals surface area (Å²) in [5, 5.41) is 12.0. The number of hydrogen-bond acceptors (Lipinski definition) is 5. The Bertz CT molecular complexity index is 1260. The van der Waals surface area contributed by atoms with E-state index in [2.05, 4.69) is 11.4 Å². The normalized spacial score (nSPS) is 10.4. The molecular weight excluding hydrogens is 428 g/mol. The number of ether oxygens (including phenoxy) is 2. The van der Waals surface area contributed by atoms with Gasteiger partial charge in [0.1, 0.15) is 24.2 Å². The second kappa shape index (κ2) is 11.5. The lowest BCUT2D eigenvalue weighted by Crippen LogP contribution is -2.22. The molecule has 0 saturated heterocycles. The molecule has 0 fully saturated rings. The zero-order chi connectivity index (χ0) is 23.6. The Kier molecular flexibility index (Phi) is 7.73. The number of amides is 1. The molecule has 0 unspecified atom stereocenters. The van der Waals surface area contributed by atoms with Gasteiger partial charge in [0.05, 0.1) is 18.8 Å². The van der Waals surface area contributed by atoms with Gasteiger partial charge in [-0.25, -0.2) is 0 Å². The molecule has 3 aromatic carbocycles. The third kappa shape index (κ3) is 6.35. The maximum Gasteiger partial charge on any atom is 0.287 e. The molecule has 0 radical (unpaired) electrons. The second-order valence-electron chi connectivity index (χ2n) is 7.64. The van der Waals surface area contributed by atoms with E-state index in [4.69, 9.17) is 19.2 Å². The lowest BCUT2D eigenvalue weighted by Gasteiger charge is -2.07. The van der Waals surface area contributed by atoms with Crippen molar-refractivity contribution in [2.75, 3.05) is 0 Å². The highest BCUT2D eigenvalue weighted by molar-refractivity contribution is 5.91. The summed E-state index contributed by atoms with van der Waals surface area (Å²) >= 11 is 0. The van der Waals surface area contributed by atoms with Crippen LogP contribution in [0.25, 0.3) is 0 Å². The molecule has 4 rings (SSSR count). The molecule has 6 heteroatoms. The SMILES string of the molecule is N#Cc1ccccc1OCc1ccc(C(=O)NCc2ccc(COCc3ccccc3)cc2)o1. The van der Waals surface area contributed by atoms with Crippen LogP contribution in [0, 0.1) is 11.3 Å². The summed E-state index contributed by atoms with van der Waals surface area (Å²) in [6, 6.07) is 30.3. The number of furan rings is 1. The summed E-state index contributed by atoms with van der Waals surface area (Å²) in [4.78, 5) is 12.4. The number of hydrogen-bond donors (Lipinski definition) is 1. The minimum Gasteiger partial charge on any atom is -0.484 e. The summed E-state index contributed by atoms with van der Waals surface area (Å²) in [5.41, 5.74) is 3.63. The zero-order valence-corrected chi connectivity index (χ0v) is 18.6. The number of benzene rings is 3. The molecule has 0 aliphatic heterocycles.